The third-order valence-electron chi connectivity index (χ3n) is 3.75. The van der Waals surface area contributed by atoms with Crippen LogP contribution < -0.4 is 5.32 Å². The Labute approximate surface area is 125 Å². The Morgan fingerprint density at radius 2 is 1.80 bits per heavy atom. The van der Waals surface area contributed by atoms with Crippen LogP contribution in [0.25, 0.3) is 0 Å². The Kier molecular flexibility index (Phi) is 3.74. The molecule has 4 heteroatoms. The van der Waals surface area contributed by atoms with Gasteiger partial charge in [0.15, 0.2) is 11.6 Å². The van der Waals surface area contributed by atoms with Crippen molar-refractivity contribution in [2.45, 2.75) is 24.8 Å². The SMILES string of the molecule is Fc1ccc(NC2CC(c3cccc(Br)c3)C2)cc1F. The molecule has 0 atom stereocenters. The van der Waals surface area contributed by atoms with E-state index in [1.54, 1.807) is 6.07 Å². The Morgan fingerprint density at radius 1 is 1.00 bits per heavy atom. The highest BCUT2D eigenvalue weighted by Crippen LogP contribution is 2.39. The quantitative estimate of drug-likeness (QED) is 0.822. The van der Waals surface area contributed by atoms with E-state index in [1.165, 1.54) is 11.6 Å². The van der Waals surface area contributed by atoms with Crippen molar-refractivity contribution in [1.82, 2.24) is 0 Å². The lowest BCUT2D eigenvalue weighted by Crippen LogP contribution is -2.34. The molecule has 0 radical (unpaired) electrons. The predicted octanol–water partition coefficient (Wildman–Crippen LogP) is 5.09. The van der Waals surface area contributed by atoms with Gasteiger partial charge in [0, 0.05) is 22.3 Å². The van der Waals surface area contributed by atoms with Gasteiger partial charge in [0.05, 0.1) is 0 Å². The van der Waals surface area contributed by atoms with Crippen LogP contribution in [0.15, 0.2) is 46.9 Å². The van der Waals surface area contributed by atoms with Crippen LogP contribution in [0.3, 0.4) is 0 Å². The number of nitrogens with one attached hydrogen (secondary N) is 1. The van der Waals surface area contributed by atoms with Crippen molar-refractivity contribution in [3.05, 3.63) is 64.1 Å². The fraction of sp³-hybridized carbons (Fsp3) is 0.250. The van der Waals surface area contributed by atoms with Crippen LogP contribution in [0, 0.1) is 11.6 Å². The lowest BCUT2D eigenvalue weighted by atomic mass is 9.76. The molecule has 1 aliphatic rings. The molecule has 0 amide bonds. The molecule has 0 aliphatic heterocycles. The second kappa shape index (κ2) is 5.52. The van der Waals surface area contributed by atoms with Crippen LogP contribution in [-0.4, -0.2) is 6.04 Å². The Balaban J connectivity index is 1.59. The van der Waals surface area contributed by atoms with Crippen LogP contribution in [0.1, 0.15) is 24.3 Å². The lowest BCUT2D eigenvalue weighted by molar-refractivity contribution is 0.374. The summed E-state index contributed by atoms with van der Waals surface area (Å²) in [6.07, 6.45) is 2.02. The summed E-state index contributed by atoms with van der Waals surface area (Å²) in [5, 5.41) is 3.24. The third kappa shape index (κ3) is 2.85. The molecule has 3 rings (SSSR count). The first-order chi connectivity index (χ1) is 9.61. The van der Waals surface area contributed by atoms with Gasteiger partial charge in [-0.2, -0.15) is 0 Å². The molecule has 0 bridgehead atoms. The van der Waals surface area contributed by atoms with Crippen molar-refractivity contribution in [3.63, 3.8) is 0 Å². The van der Waals surface area contributed by atoms with Crippen LogP contribution in [0.4, 0.5) is 14.5 Å². The fourth-order valence-corrected chi connectivity index (χ4v) is 3.01. The average molecular weight is 338 g/mol. The number of anilines is 1. The first-order valence-electron chi connectivity index (χ1n) is 6.59. The summed E-state index contributed by atoms with van der Waals surface area (Å²) in [7, 11) is 0. The van der Waals surface area contributed by atoms with E-state index in [0.29, 0.717) is 17.6 Å². The molecule has 0 aromatic heterocycles. The van der Waals surface area contributed by atoms with E-state index in [1.807, 2.05) is 12.1 Å². The van der Waals surface area contributed by atoms with E-state index in [2.05, 4.69) is 33.4 Å². The van der Waals surface area contributed by atoms with E-state index in [-0.39, 0.29) is 0 Å². The first-order valence-corrected chi connectivity index (χ1v) is 7.38. The monoisotopic (exact) mass is 337 g/mol. The maximum Gasteiger partial charge on any atom is 0.160 e. The molecule has 20 heavy (non-hydrogen) atoms. The summed E-state index contributed by atoms with van der Waals surface area (Å²) in [5.41, 5.74) is 1.96. The van der Waals surface area contributed by atoms with Crippen molar-refractivity contribution >= 4 is 21.6 Å². The van der Waals surface area contributed by atoms with Crippen molar-refractivity contribution in [2.24, 2.45) is 0 Å². The highest BCUT2D eigenvalue weighted by molar-refractivity contribution is 9.10. The second-order valence-electron chi connectivity index (χ2n) is 5.19. The molecule has 2 aromatic carbocycles. The fourth-order valence-electron chi connectivity index (χ4n) is 2.59. The van der Waals surface area contributed by atoms with Crippen LogP contribution >= 0.6 is 15.9 Å². The normalized spacial score (nSPS) is 21.4. The molecule has 1 aliphatic carbocycles. The summed E-state index contributed by atoms with van der Waals surface area (Å²) in [5.74, 6) is -1.08. The molecular formula is C16H14BrF2N. The molecule has 0 unspecified atom stereocenters. The zero-order valence-corrected chi connectivity index (χ0v) is 12.3. The molecular weight excluding hydrogens is 324 g/mol. The van der Waals surface area contributed by atoms with E-state index >= 15 is 0 Å². The molecule has 0 saturated heterocycles. The van der Waals surface area contributed by atoms with Crippen molar-refractivity contribution in [1.29, 1.82) is 0 Å². The Hall–Kier alpha value is -1.42. The maximum atomic E-state index is 13.1. The summed E-state index contributed by atoms with van der Waals surface area (Å²) < 4.78 is 27.1. The number of hydrogen-bond donors (Lipinski definition) is 1. The largest absolute Gasteiger partial charge is 0.382 e. The lowest BCUT2D eigenvalue weighted by Gasteiger charge is -2.37. The van der Waals surface area contributed by atoms with Crippen molar-refractivity contribution in [2.75, 3.05) is 5.32 Å². The van der Waals surface area contributed by atoms with Gasteiger partial charge in [-0.15, -0.1) is 0 Å². The molecule has 2 aromatic rings. The van der Waals surface area contributed by atoms with Gasteiger partial charge in [-0.3, -0.25) is 0 Å². The zero-order chi connectivity index (χ0) is 14.1. The van der Waals surface area contributed by atoms with Gasteiger partial charge < -0.3 is 5.32 Å². The topological polar surface area (TPSA) is 12.0 Å². The molecule has 1 nitrogen and oxygen atoms in total. The third-order valence-corrected chi connectivity index (χ3v) is 4.24. The maximum absolute atomic E-state index is 13.1. The highest BCUT2D eigenvalue weighted by atomic mass is 79.9. The molecule has 0 heterocycles. The Morgan fingerprint density at radius 3 is 2.50 bits per heavy atom. The second-order valence-corrected chi connectivity index (χ2v) is 6.11. The van der Waals surface area contributed by atoms with Crippen LogP contribution in [0.5, 0.6) is 0 Å². The molecule has 1 N–H and O–H groups in total. The number of rotatable bonds is 3. The van der Waals surface area contributed by atoms with Gasteiger partial charge in [0.2, 0.25) is 0 Å². The summed E-state index contributed by atoms with van der Waals surface area (Å²) in [6.45, 7) is 0. The van der Waals surface area contributed by atoms with Crippen LogP contribution in [-0.2, 0) is 0 Å². The Bertz CT molecular complexity index is 624. The minimum atomic E-state index is -0.809. The summed E-state index contributed by atoms with van der Waals surface area (Å²) in [4.78, 5) is 0. The molecule has 1 saturated carbocycles. The van der Waals surface area contributed by atoms with Gasteiger partial charge in [-0.1, -0.05) is 28.1 Å². The summed E-state index contributed by atoms with van der Waals surface area (Å²) >= 11 is 3.47. The minimum absolute atomic E-state index is 0.323. The smallest absolute Gasteiger partial charge is 0.160 e. The molecule has 104 valence electrons. The summed E-state index contributed by atoms with van der Waals surface area (Å²) in [6, 6.07) is 12.6. The average Bonchev–Trinajstić information content (AvgIpc) is 2.37. The van der Waals surface area contributed by atoms with E-state index in [0.717, 1.165) is 23.4 Å². The highest BCUT2D eigenvalue weighted by Gasteiger charge is 2.30. The molecule has 1 fully saturated rings. The van der Waals surface area contributed by atoms with E-state index < -0.39 is 11.6 Å². The number of benzene rings is 2. The molecule has 0 spiro atoms. The van der Waals surface area contributed by atoms with Gasteiger partial charge in [-0.25, -0.2) is 8.78 Å². The van der Waals surface area contributed by atoms with Crippen molar-refractivity contribution < 1.29 is 8.78 Å². The first kappa shape index (κ1) is 13.6. The van der Waals surface area contributed by atoms with Gasteiger partial charge in [0.25, 0.3) is 0 Å². The number of hydrogen-bond acceptors (Lipinski definition) is 1. The van der Waals surface area contributed by atoms with Gasteiger partial charge >= 0.3 is 0 Å². The van der Waals surface area contributed by atoms with E-state index in [9.17, 15) is 8.78 Å². The van der Waals surface area contributed by atoms with E-state index in [4.69, 9.17) is 0 Å². The minimum Gasteiger partial charge on any atom is -0.382 e. The van der Waals surface area contributed by atoms with Crippen molar-refractivity contribution in [3.8, 4) is 0 Å². The predicted molar refractivity (Wildman–Crippen MR) is 79.9 cm³/mol. The standard InChI is InChI=1S/C16H14BrF2N/c17-12-3-1-2-10(6-12)11-7-14(8-11)20-13-4-5-15(18)16(19)9-13/h1-6,9,11,14,20H,7-8H2. The zero-order valence-electron chi connectivity index (χ0n) is 10.7. The van der Waals surface area contributed by atoms with Gasteiger partial charge in [-0.05, 0) is 48.6 Å². The van der Waals surface area contributed by atoms with Gasteiger partial charge in [0.1, 0.15) is 0 Å². The number of halogens is 3. The van der Waals surface area contributed by atoms with Crippen LogP contribution in [0.2, 0.25) is 0 Å².